The summed E-state index contributed by atoms with van der Waals surface area (Å²) in [5.41, 5.74) is 3.53. The molecule has 33 heavy (non-hydrogen) atoms. The van der Waals surface area contributed by atoms with Gasteiger partial charge < -0.3 is 15.0 Å². The van der Waals surface area contributed by atoms with Crippen LogP contribution in [0.1, 0.15) is 55.5 Å². The van der Waals surface area contributed by atoms with E-state index < -0.39 is 18.1 Å². The number of amides is 1. The summed E-state index contributed by atoms with van der Waals surface area (Å²) in [6.07, 6.45) is 1.86. The van der Waals surface area contributed by atoms with Crippen molar-refractivity contribution < 1.29 is 14.7 Å². The van der Waals surface area contributed by atoms with Crippen molar-refractivity contribution in [3.05, 3.63) is 81.1 Å². The van der Waals surface area contributed by atoms with Crippen molar-refractivity contribution in [3.8, 4) is 10.4 Å². The Morgan fingerprint density at radius 1 is 1.12 bits per heavy atom. The zero-order chi connectivity index (χ0) is 24.1. The number of rotatable bonds is 9. The smallest absolute Gasteiger partial charge is 0.305 e. The molecule has 0 bridgehead atoms. The number of hydrogen-bond donors (Lipinski definition) is 2. The van der Waals surface area contributed by atoms with Crippen molar-refractivity contribution >= 4 is 23.2 Å². The summed E-state index contributed by atoms with van der Waals surface area (Å²) in [7, 11) is 0. The maximum Gasteiger partial charge on any atom is 0.305 e. The van der Waals surface area contributed by atoms with E-state index in [1.807, 2.05) is 63.4 Å². The molecule has 0 fully saturated rings. The lowest BCUT2D eigenvalue weighted by atomic mass is 10.00. The van der Waals surface area contributed by atoms with E-state index in [9.17, 15) is 19.5 Å². The van der Waals surface area contributed by atoms with Gasteiger partial charge in [-0.25, -0.2) is 0 Å². The number of carboxylic acids is 1. The second-order valence-electron chi connectivity index (χ2n) is 8.81. The first kappa shape index (κ1) is 24.5. The third kappa shape index (κ3) is 6.20. The fourth-order valence-electron chi connectivity index (χ4n) is 3.86. The summed E-state index contributed by atoms with van der Waals surface area (Å²) in [5.74, 6) is -1.19. The van der Waals surface area contributed by atoms with E-state index in [1.165, 1.54) is 22.0 Å². The highest BCUT2D eigenvalue weighted by molar-refractivity contribution is 7.13. The molecule has 2 atom stereocenters. The molecule has 0 saturated heterocycles. The Balaban J connectivity index is 1.91. The molecule has 0 unspecified atom stereocenters. The molecule has 0 aliphatic carbocycles. The van der Waals surface area contributed by atoms with E-state index >= 15 is 0 Å². The van der Waals surface area contributed by atoms with E-state index in [-0.39, 0.29) is 23.8 Å². The average Bonchev–Trinajstić information content (AvgIpc) is 3.22. The number of pyridine rings is 1. The molecule has 0 saturated carbocycles. The Bertz CT molecular complexity index is 1190. The number of benzene rings is 1. The Kier molecular flexibility index (Phi) is 7.87. The fourth-order valence-corrected chi connectivity index (χ4v) is 4.91. The summed E-state index contributed by atoms with van der Waals surface area (Å²) in [6.45, 7) is 7.83. The number of aliphatic carboxylic acids is 1. The van der Waals surface area contributed by atoms with Crippen molar-refractivity contribution in [3.63, 3.8) is 0 Å². The van der Waals surface area contributed by atoms with Gasteiger partial charge in [0.05, 0.1) is 12.5 Å². The summed E-state index contributed by atoms with van der Waals surface area (Å²) >= 11 is 1.52. The predicted octanol–water partition coefficient (Wildman–Crippen LogP) is 5.11. The highest BCUT2D eigenvalue weighted by atomic mass is 32.1. The Morgan fingerprint density at radius 2 is 1.85 bits per heavy atom. The number of aromatic nitrogens is 1. The van der Waals surface area contributed by atoms with Crippen molar-refractivity contribution in [2.45, 2.75) is 52.6 Å². The number of hydrogen-bond acceptors (Lipinski definition) is 4. The molecule has 1 amide bonds. The van der Waals surface area contributed by atoms with Crippen LogP contribution in [0.2, 0.25) is 0 Å². The van der Waals surface area contributed by atoms with E-state index in [0.29, 0.717) is 6.42 Å². The first-order valence-electron chi connectivity index (χ1n) is 11.0. The molecular formula is C26H30N2O4S. The highest BCUT2D eigenvalue weighted by Gasteiger charge is 2.27. The van der Waals surface area contributed by atoms with Gasteiger partial charge in [-0.05, 0) is 66.0 Å². The topological polar surface area (TPSA) is 88.4 Å². The van der Waals surface area contributed by atoms with Gasteiger partial charge in [-0.1, -0.05) is 38.1 Å². The van der Waals surface area contributed by atoms with Gasteiger partial charge in [0.25, 0.3) is 5.56 Å². The second-order valence-corrected chi connectivity index (χ2v) is 9.72. The van der Waals surface area contributed by atoms with E-state index in [0.717, 1.165) is 27.1 Å². The van der Waals surface area contributed by atoms with Gasteiger partial charge in [0.2, 0.25) is 5.91 Å². The molecule has 3 aromatic rings. The number of thiophene rings is 1. The molecule has 2 N–H and O–H groups in total. The van der Waals surface area contributed by atoms with Gasteiger partial charge in [0.1, 0.15) is 6.04 Å². The summed E-state index contributed by atoms with van der Waals surface area (Å²) in [4.78, 5) is 38.6. The average molecular weight is 467 g/mol. The Morgan fingerprint density at radius 3 is 2.48 bits per heavy atom. The molecule has 0 spiro atoms. The molecule has 174 valence electrons. The lowest BCUT2D eigenvalue weighted by Gasteiger charge is -2.24. The first-order chi connectivity index (χ1) is 15.7. The van der Waals surface area contributed by atoms with Crippen LogP contribution in [0.25, 0.3) is 10.4 Å². The van der Waals surface area contributed by atoms with Crippen molar-refractivity contribution in [2.75, 3.05) is 0 Å². The zero-order valence-corrected chi connectivity index (χ0v) is 20.2. The normalized spacial score (nSPS) is 13.0. The van der Waals surface area contributed by atoms with Gasteiger partial charge in [0.15, 0.2) is 0 Å². The van der Waals surface area contributed by atoms with Crippen molar-refractivity contribution in [1.29, 1.82) is 0 Å². The Labute approximate surface area is 197 Å². The van der Waals surface area contributed by atoms with Gasteiger partial charge in [-0.15, -0.1) is 11.3 Å². The molecule has 0 aliphatic rings. The summed E-state index contributed by atoms with van der Waals surface area (Å²) < 4.78 is 1.44. The largest absolute Gasteiger partial charge is 0.481 e. The van der Waals surface area contributed by atoms with Crippen LogP contribution >= 0.6 is 11.3 Å². The fraction of sp³-hybridized carbons (Fsp3) is 0.346. The number of nitrogens with zero attached hydrogens (tertiary/aromatic N) is 1. The summed E-state index contributed by atoms with van der Waals surface area (Å²) in [6, 6.07) is 11.8. The minimum absolute atomic E-state index is 0.167. The molecule has 0 radical (unpaired) electrons. The molecule has 3 rings (SSSR count). The highest BCUT2D eigenvalue weighted by Crippen LogP contribution is 2.33. The lowest BCUT2D eigenvalue weighted by Crippen LogP contribution is -2.40. The molecule has 7 heteroatoms. The van der Waals surface area contributed by atoms with E-state index in [1.54, 1.807) is 12.3 Å². The standard InChI is InChI=1S/C26H30N2O4S/c1-16(2)11-22(28-10-9-17(3)12-24(28)29)26(32)27-21(14-25(30)31)19-13-23(33-15-19)20-8-6-5-7-18(20)4/h5-10,12-13,15-16,21-22H,11,14H2,1-4H3,(H,27,32)(H,30,31)/t21-,22+/m1/s1. The van der Waals surface area contributed by atoms with Gasteiger partial charge in [0, 0.05) is 17.1 Å². The third-order valence-electron chi connectivity index (χ3n) is 5.56. The van der Waals surface area contributed by atoms with Crippen molar-refractivity contribution in [2.24, 2.45) is 5.92 Å². The van der Waals surface area contributed by atoms with Crippen LogP contribution < -0.4 is 10.9 Å². The van der Waals surface area contributed by atoms with Gasteiger partial charge >= 0.3 is 5.97 Å². The van der Waals surface area contributed by atoms with Crippen LogP contribution in [0, 0.1) is 19.8 Å². The van der Waals surface area contributed by atoms with Crippen LogP contribution in [0.3, 0.4) is 0 Å². The minimum Gasteiger partial charge on any atom is -0.481 e. The zero-order valence-electron chi connectivity index (χ0n) is 19.4. The number of carboxylic acid groups (broad SMARTS) is 1. The maximum absolute atomic E-state index is 13.4. The van der Waals surface area contributed by atoms with Crippen LogP contribution in [-0.2, 0) is 9.59 Å². The van der Waals surface area contributed by atoms with Crippen LogP contribution in [0.4, 0.5) is 0 Å². The van der Waals surface area contributed by atoms with Crippen LogP contribution in [0.5, 0.6) is 0 Å². The SMILES string of the molecule is Cc1ccn([C@@H](CC(C)C)C(=O)N[C@H](CC(=O)O)c2csc(-c3ccccc3C)c2)c(=O)c1. The number of carbonyl (C=O) groups excluding carboxylic acids is 1. The van der Waals surface area contributed by atoms with Gasteiger partial charge in [-0.2, -0.15) is 0 Å². The number of aryl methyl sites for hydroxylation is 2. The second kappa shape index (κ2) is 10.6. The molecule has 1 aromatic carbocycles. The van der Waals surface area contributed by atoms with Gasteiger partial charge in [-0.3, -0.25) is 14.4 Å². The van der Waals surface area contributed by atoms with E-state index in [2.05, 4.69) is 5.32 Å². The van der Waals surface area contributed by atoms with Crippen LogP contribution in [0.15, 0.2) is 58.8 Å². The Hall–Kier alpha value is -3.19. The third-order valence-corrected chi connectivity index (χ3v) is 6.55. The summed E-state index contributed by atoms with van der Waals surface area (Å²) in [5, 5.41) is 14.3. The van der Waals surface area contributed by atoms with Crippen molar-refractivity contribution in [1.82, 2.24) is 9.88 Å². The number of carbonyl (C=O) groups is 2. The molecule has 0 aliphatic heterocycles. The molecule has 2 aromatic heterocycles. The maximum atomic E-state index is 13.4. The predicted molar refractivity (Wildman–Crippen MR) is 132 cm³/mol. The molecule has 2 heterocycles. The van der Waals surface area contributed by atoms with Crippen LogP contribution in [-0.4, -0.2) is 21.6 Å². The first-order valence-corrected chi connectivity index (χ1v) is 11.9. The quantitative estimate of drug-likeness (QED) is 0.458. The monoisotopic (exact) mass is 466 g/mol. The lowest BCUT2D eigenvalue weighted by molar-refractivity contribution is -0.138. The van der Waals surface area contributed by atoms with E-state index in [4.69, 9.17) is 0 Å². The molecule has 6 nitrogen and oxygen atoms in total. The minimum atomic E-state index is -1.00. The molecular weight excluding hydrogens is 436 g/mol. The number of nitrogens with one attached hydrogen (secondary N) is 1.